The molecular weight excluding hydrogens is 348 g/mol. The molecule has 3 heterocycles. The van der Waals surface area contributed by atoms with Crippen molar-refractivity contribution in [3.05, 3.63) is 41.4 Å². The molecule has 0 bridgehead atoms. The van der Waals surface area contributed by atoms with E-state index in [1.54, 1.807) is 12.3 Å². The van der Waals surface area contributed by atoms with Crippen LogP contribution in [0.5, 0.6) is 0 Å². The van der Waals surface area contributed by atoms with Crippen molar-refractivity contribution in [2.75, 3.05) is 32.7 Å². The molecule has 1 aliphatic rings. The Morgan fingerprint density at radius 1 is 1.38 bits per heavy atom. The highest BCUT2D eigenvalue weighted by Crippen LogP contribution is 2.25. The van der Waals surface area contributed by atoms with Gasteiger partial charge in [-0.05, 0) is 19.1 Å². The molecular formula is C19H22N4O2S. The summed E-state index contributed by atoms with van der Waals surface area (Å²) in [6.45, 7) is 5.89. The summed E-state index contributed by atoms with van der Waals surface area (Å²) in [6.07, 6.45) is 7.79. The van der Waals surface area contributed by atoms with E-state index in [9.17, 15) is 4.79 Å². The van der Waals surface area contributed by atoms with E-state index < -0.39 is 0 Å². The normalized spacial score (nSPS) is 15.0. The largest absolute Gasteiger partial charge is 0.361 e. The van der Waals surface area contributed by atoms with Crippen LogP contribution in [0.25, 0.3) is 0 Å². The molecule has 6 nitrogen and oxygen atoms in total. The number of thioether (sulfide) groups is 1. The fraction of sp³-hybridized carbons (Fsp3) is 0.421. The molecule has 0 spiro atoms. The van der Waals surface area contributed by atoms with E-state index >= 15 is 0 Å². The summed E-state index contributed by atoms with van der Waals surface area (Å²) in [4.78, 5) is 21.5. The van der Waals surface area contributed by atoms with Gasteiger partial charge in [0.25, 0.3) is 5.91 Å². The summed E-state index contributed by atoms with van der Waals surface area (Å²) in [7, 11) is 0. The number of terminal acetylenes is 1. The molecule has 0 N–H and O–H groups in total. The van der Waals surface area contributed by atoms with E-state index in [4.69, 9.17) is 10.9 Å². The van der Waals surface area contributed by atoms with Gasteiger partial charge in [-0.1, -0.05) is 16.9 Å². The van der Waals surface area contributed by atoms with Crippen LogP contribution in [0.1, 0.15) is 28.2 Å². The summed E-state index contributed by atoms with van der Waals surface area (Å²) in [6, 6.07) is 5.55. The number of aryl methyl sites for hydroxylation is 1. The van der Waals surface area contributed by atoms with Gasteiger partial charge in [0.15, 0.2) is 0 Å². The van der Waals surface area contributed by atoms with E-state index in [0.29, 0.717) is 24.4 Å². The number of hydrogen-bond donors (Lipinski definition) is 0. The van der Waals surface area contributed by atoms with Gasteiger partial charge in [0.2, 0.25) is 0 Å². The van der Waals surface area contributed by atoms with Crippen LogP contribution in [0.4, 0.5) is 0 Å². The number of piperazine rings is 1. The molecule has 0 atom stereocenters. The Labute approximate surface area is 157 Å². The zero-order chi connectivity index (χ0) is 18.4. The summed E-state index contributed by atoms with van der Waals surface area (Å²) in [5, 5.41) is 4.72. The number of pyridine rings is 1. The van der Waals surface area contributed by atoms with Gasteiger partial charge in [-0.3, -0.25) is 9.69 Å². The molecule has 0 unspecified atom stereocenters. The maximum atomic E-state index is 12.9. The smallest absolute Gasteiger partial charge is 0.256 e. The predicted molar refractivity (Wildman–Crippen MR) is 101 cm³/mol. The molecule has 2 aromatic heterocycles. The first-order valence-corrected chi connectivity index (χ1v) is 9.61. The van der Waals surface area contributed by atoms with Gasteiger partial charge in [0, 0.05) is 57.2 Å². The zero-order valence-electron chi connectivity index (χ0n) is 14.9. The highest BCUT2D eigenvalue weighted by atomic mass is 32.2. The van der Waals surface area contributed by atoms with Crippen molar-refractivity contribution in [2.24, 2.45) is 0 Å². The molecule has 1 amide bonds. The number of aromatic nitrogens is 2. The molecule has 2 aromatic rings. The van der Waals surface area contributed by atoms with Gasteiger partial charge in [0.1, 0.15) is 10.8 Å². The minimum atomic E-state index is 0.0357. The van der Waals surface area contributed by atoms with Crippen LogP contribution in [0.3, 0.4) is 0 Å². The SMILES string of the molecule is C#CCCN1CCN(C(=O)c2cccnc2SCc2cc(C)on2)CC1. The van der Waals surface area contributed by atoms with Gasteiger partial charge in [0.05, 0.1) is 11.3 Å². The molecule has 1 aliphatic heterocycles. The first kappa shape index (κ1) is 18.5. The summed E-state index contributed by atoms with van der Waals surface area (Å²) < 4.78 is 5.09. The Kier molecular flexibility index (Phi) is 6.31. The first-order chi connectivity index (χ1) is 12.7. The molecule has 3 rings (SSSR count). The van der Waals surface area contributed by atoms with Crippen molar-refractivity contribution in [3.63, 3.8) is 0 Å². The summed E-state index contributed by atoms with van der Waals surface area (Å²) >= 11 is 1.50. The second-order valence-electron chi connectivity index (χ2n) is 6.16. The predicted octanol–water partition coefficient (Wildman–Crippen LogP) is 2.45. The Morgan fingerprint density at radius 2 is 2.19 bits per heavy atom. The van der Waals surface area contributed by atoms with E-state index in [1.807, 2.05) is 24.0 Å². The Balaban J connectivity index is 1.62. The first-order valence-electron chi connectivity index (χ1n) is 8.62. The van der Waals surface area contributed by atoms with Crippen LogP contribution in [0.2, 0.25) is 0 Å². The molecule has 0 aliphatic carbocycles. The van der Waals surface area contributed by atoms with E-state index in [2.05, 4.69) is 21.0 Å². The van der Waals surface area contributed by atoms with Crippen molar-refractivity contribution >= 4 is 17.7 Å². The molecule has 136 valence electrons. The highest BCUT2D eigenvalue weighted by molar-refractivity contribution is 7.98. The third kappa shape index (κ3) is 4.65. The quantitative estimate of drug-likeness (QED) is 0.575. The van der Waals surface area contributed by atoms with Crippen LogP contribution in [0, 0.1) is 19.3 Å². The van der Waals surface area contributed by atoms with Crippen molar-refractivity contribution in [1.29, 1.82) is 0 Å². The number of hydrogen-bond acceptors (Lipinski definition) is 6. The molecule has 7 heteroatoms. The Bertz CT molecular complexity index is 791. The number of carbonyl (C=O) groups is 1. The monoisotopic (exact) mass is 370 g/mol. The lowest BCUT2D eigenvalue weighted by atomic mass is 10.2. The third-order valence-corrected chi connectivity index (χ3v) is 5.31. The highest BCUT2D eigenvalue weighted by Gasteiger charge is 2.24. The van der Waals surface area contributed by atoms with E-state index in [0.717, 1.165) is 42.5 Å². The van der Waals surface area contributed by atoms with Crippen molar-refractivity contribution in [3.8, 4) is 12.3 Å². The van der Waals surface area contributed by atoms with Crippen molar-refractivity contribution in [1.82, 2.24) is 19.9 Å². The van der Waals surface area contributed by atoms with Crippen molar-refractivity contribution < 1.29 is 9.32 Å². The van der Waals surface area contributed by atoms with Crippen molar-refractivity contribution in [2.45, 2.75) is 24.1 Å². The van der Waals surface area contributed by atoms with E-state index in [1.165, 1.54) is 11.8 Å². The van der Waals surface area contributed by atoms with Crippen LogP contribution in [-0.2, 0) is 5.75 Å². The molecule has 26 heavy (non-hydrogen) atoms. The topological polar surface area (TPSA) is 62.5 Å². The minimum absolute atomic E-state index is 0.0357. The number of carbonyl (C=O) groups excluding carboxylic acids is 1. The van der Waals surface area contributed by atoms with E-state index in [-0.39, 0.29) is 5.91 Å². The number of rotatable bonds is 6. The lowest BCUT2D eigenvalue weighted by molar-refractivity contribution is 0.0635. The average Bonchev–Trinajstić information content (AvgIpc) is 3.10. The van der Waals surface area contributed by atoms with Gasteiger partial charge in [-0.15, -0.1) is 12.3 Å². The fourth-order valence-corrected chi connectivity index (χ4v) is 3.73. The maximum absolute atomic E-state index is 12.9. The van der Waals surface area contributed by atoms with Gasteiger partial charge in [-0.25, -0.2) is 4.98 Å². The standard InChI is InChI=1S/C19H22N4O2S/c1-3-4-8-22-9-11-23(12-10-22)19(24)17-6-5-7-20-18(17)26-14-16-13-15(2)25-21-16/h1,5-7,13H,4,8-12,14H2,2H3. The van der Waals surface area contributed by atoms with Gasteiger partial charge in [-0.2, -0.15) is 0 Å². The molecule has 0 aromatic carbocycles. The second-order valence-corrected chi connectivity index (χ2v) is 7.13. The molecule has 0 saturated carbocycles. The zero-order valence-corrected chi connectivity index (χ0v) is 15.7. The Hall–Kier alpha value is -2.30. The van der Waals surface area contributed by atoms with Crippen LogP contribution in [-0.4, -0.2) is 58.6 Å². The lowest BCUT2D eigenvalue weighted by Gasteiger charge is -2.34. The van der Waals surface area contributed by atoms with Crippen LogP contribution < -0.4 is 0 Å². The van der Waals surface area contributed by atoms with Crippen LogP contribution in [0.15, 0.2) is 33.9 Å². The summed E-state index contributed by atoms with van der Waals surface area (Å²) in [5.74, 6) is 4.10. The Morgan fingerprint density at radius 3 is 2.88 bits per heavy atom. The second kappa shape index (κ2) is 8.88. The van der Waals surface area contributed by atoms with Crippen LogP contribution >= 0.6 is 11.8 Å². The molecule has 0 radical (unpaired) electrons. The maximum Gasteiger partial charge on any atom is 0.256 e. The van der Waals surface area contributed by atoms with Gasteiger partial charge < -0.3 is 9.42 Å². The lowest BCUT2D eigenvalue weighted by Crippen LogP contribution is -2.48. The third-order valence-electron chi connectivity index (χ3n) is 4.27. The number of nitrogens with zero attached hydrogens (tertiary/aromatic N) is 4. The van der Waals surface area contributed by atoms with Gasteiger partial charge >= 0.3 is 0 Å². The fourth-order valence-electron chi connectivity index (χ4n) is 2.86. The minimum Gasteiger partial charge on any atom is -0.361 e. The molecule has 1 fully saturated rings. The average molecular weight is 370 g/mol. The summed E-state index contributed by atoms with van der Waals surface area (Å²) in [5.41, 5.74) is 1.49. The molecule has 1 saturated heterocycles. The number of amides is 1.